The van der Waals surface area contributed by atoms with Gasteiger partial charge < -0.3 is 10.3 Å². The quantitative estimate of drug-likeness (QED) is 0.593. The van der Waals surface area contributed by atoms with E-state index in [1.54, 1.807) is 5.06 Å². The first-order chi connectivity index (χ1) is 5.34. The largest absolute Gasteiger partial charge is 0.391 e. The maximum Gasteiger partial charge on any atom is 0.112 e. The molecule has 2 atom stereocenters. The summed E-state index contributed by atoms with van der Waals surface area (Å²) in [5.74, 6) is 0. The Morgan fingerprint density at radius 1 is 1.50 bits per heavy atom. The molecule has 12 heavy (non-hydrogen) atoms. The number of aliphatic hydroxyl groups is 1. The Labute approximate surface area is 74.0 Å². The summed E-state index contributed by atoms with van der Waals surface area (Å²) >= 11 is 0. The maximum atomic E-state index is 9.79. The molecule has 1 aliphatic heterocycles. The van der Waals surface area contributed by atoms with Gasteiger partial charge in [0, 0.05) is 6.42 Å². The van der Waals surface area contributed by atoms with E-state index in [1.165, 1.54) is 0 Å². The standard InChI is InChI=1S/C9H19NO2/c1-5-9(4)7(11)6-8(2,3)10(9)12/h7,11-12H,5-6H2,1-4H3/p+1. The number of hydroxylamine groups is 2. The van der Waals surface area contributed by atoms with Crippen molar-refractivity contribution in [3.05, 3.63) is 0 Å². The summed E-state index contributed by atoms with van der Waals surface area (Å²) in [7, 11) is 0. The van der Waals surface area contributed by atoms with Crippen LogP contribution in [0.1, 0.15) is 40.5 Å². The molecule has 1 rings (SSSR count). The highest BCUT2D eigenvalue weighted by Gasteiger charge is 2.56. The van der Waals surface area contributed by atoms with E-state index in [0.29, 0.717) is 6.42 Å². The number of nitrogens with zero attached hydrogens (tertiary/aromatic N) is 1. The number of rotatable bonds is 1. The van der Waals surface area contributed by atoms with Crippen LogP contribution in [0.3, 0.4) is 0 Å². The van der Waals surface area contributed by atoms with Crippen LogP contribution in [-0.4, -0.2) is 32.6 Å². The highest BCUT2D eigenvalue weighted by Crippen LogP contribution is 2.40. The molecule has 1 fully saturated rings. The molecular weight excluding hydrogens is 154 g/mol. The van der Waals surface area contributed by atoms with Crippen LogP contribution in [0.25, 0.3) is 0 Å². The lowest BCUT2D eigenvalue weighted by Gasteiger charge is -2.32. The summed E-state index contributed by atoms with van der Waals surface area (Å²) < 4.78 is 0. The first-order valence-corrected chi connectivity index (χ1v) is 4.54. The van der Waals surface area contributed by atoms with Gasteiger partial charge >= 0.3 is 0 Å². The number of aliphatic hydroxyl groups excluding tert-OH is 1. The van der Waals surface area contributed by atoms with Crippen molar-refractivity contribution in [2.75, 3.05) is 0 Å². The second kappa shape index (κ2) is 2.69. The van der Waals surface area contributed by atoms with Crippen molar-refractivity contribution in [1.82, 2.24) is 5.06 Å². The minimum Gasteiger partial charge on any atom is -0.391 e. The van der Waals surface area contributed by atoms with Crippen molar-refractivity contribution in [3.8, 4) is 0 Å². The summed E-state index contributed by atoms with van der Waals surface area (Å²) in [5.41, 5.74) is -0.548. The molecule has 0 aromatic rings. The van der Waals surface area contributed by atoms with Gasteiger partial charge in [-0.1, -0.05) is 12.0 Å². The van der Waals surface area contributed by atoms with Crippen molar-refractivity contribution in [2.24, 2.45) is 0 Å². The summed E-state index contributed by atoms with van der Waals surface area (Å²) in [6.45, 7) is 7.99. The van der Waals surface area contributed by atoms with E-state index in [1.807, 2.05) is 27.7 Å². The summed E-state index contributed by atoms with van der Waals surface area (Å²) in [4.78, 5) is 0. The molecule has 3 N–H and O–H groups in total. The van der Waals surface area contributed by atoms with E-state index in [9.17, 15) is 5.11 Å². The third-order valence-corrected chi connectivity index (χ3v) is 3.24. The fourth-order valence-corrected chi connectivity index (χ4v) is 2.02. The lowest BCUT2D eigenvalue weighted by Crippen LogP contribution is -2.50. The van der Waals surface area contributed by atoms with E-state index in [4.69, 9.17) is 5.21 Å². The minimum absolute atomic E-state index is 0.190. The first kappa shape index (κ1) is 9.96. The van der Waals surface area contributed by atoms with Gasteiger partial charge in [-0.2, -0.15) is 0 Å². The van der Waals surface area contributed by atoms with Crippen LogP contribution in [0.4, 0.5) is 0 Å². The SMILES string of the molecule is CCC1(C)C(O)CC(C)(C)N1[OH2+]. The van der Waals surface area contributed by atoms with Gasteiger partial charge in [0.2, 0.25) is 0 Å². The zero-order chi connectivity index (χ0) is 9.57. The topological polar surface area (TPSA) is 46.4 Å². The van der Waals surface area contributed by atoms with Crippen LogP contribution in [0.5, 0.6) is 0 Å². The van der Waals surface area contributed by atoms with Gasteiger partial charge in [0.05, 0.1) is 11.6 Å². The molecule has 0 amide bonds. The van der Waals surface area contributed by atoms with Crippen LogP contribution in [-0.2, 0) is 0 Å². The highest BCUT2D eigenvalue weighted by atomic mass is 16.5. The molecule has 0 bridgehead atoms. The van der Waals surface area contributed by atoms with E-state index in [2.05, 4.69) is 0 Å². The van der Waals surface area contributed by atoms with Gasteiger partial charge in [0.25, 0.3) is 0 Å². The van der Waals surface area contributed by atoms with Crippen LogP contribution < -0.4 is 0 Å². The predicted octanol–water partition coefficient (Wildman–Crippen LogP) is 0.640. The van der Waals surface area contributed by atoms with Gasteiger partial charge in [-0.15, -0.1) is 0 Å². The Balaban J connectivity index is 2.92. The van der Waals surface area contributed by atoms with Crippen LogP contribution in [0.2, 0.25) is 0 Å². The third kappa shape index (κ3) is 1.16. The third-order valence-electron chi connectivity index (χ3n) is 3.24. The van der Waals surface area contributed by atoms with Crippen molar-refractivity contribution in [2.45, 2.75) is 57.7 Å². The summed E-state index contributed by atoms with van der Waals surface area (Å²) in [5, 5.41) is 19.2. The first-order valence-electron chi connectivity index (χ1n) is 4.54. The Morgan fingerprint density at radius 2 is 2.00 bits per heavy atom. The predicted molar refractivity (Wildman–Crippen MR) is 48.9 cm³/mol. The van der Waals surface area contributed by atoms with Crippen LogP contribution in [0, 0.1) is 0 Å². The fraction of sp³-hybridized carbons (Fsp3) is 1.00. The lowest BCUT2D eigenvalue weighted by atomic mass is 9.93. The molecule has 3 heteroatoms. The molecule has 1 heterocycles. The average molecular weight is 174 g/mol. The number of hydrogen-bond acceptors (Lipinski definition) is 2. The molecule has 2 unspecified atom stereocenters. The molecular formula is C9H20NO2+. The average Bonchev–Trinajstić information content (AvgIpc) is 2.13. The normalized spacial score (nSPS) is 42.0. The highest BCUT2D eigenvalue weighted by molar-refractivity contribution is 5.03. The molecule has 3 nitrogen and oxygen atoms in total. The smallest absolute Gasteiger partial charge is 0.112 e. The van der Waals surface area contributed by atoms with Crippen LogP contribution >= 0.6 is 0 Å². The van der Waals surface area contributed by atoms with Gasteiger partial charge in [-0.25, -0.2) is 0 Å². The second-order valence-corrected chi connectivity index (χ2v) is 4.58. The van der Waals surface area contributed by atoms with E-state index >= 15 is 0 Å². The zero-order valence-corrected chi connectivity index (χ0v) is 8.39. The Bertz CT molecular complexity index is 181. The number of hydrogen-bond donors (Lipinski definition) is 1. The summed E-state index contributed by atoms with van der Waals surface area (Å²) in [6.07, 6.45) is 1.15. The second-order valence-electron chi connectivity index (χ2n) is 4.58. The van der Waals surface area contributed by atoms with E-state index in [0.717, 1.165) is 6.42 Å². The van der Waals surface area contributed by atoms with Gasteiger partial charge in [-0.05, 0) is 27.2 Å². The van der Waals surface area contributed by atoms with E-state index in [-0.39, 0.29) is 17.2 Å². The molecule has 0 saturated carbocycles. The Morgan fingerprint density at radius 3 is 2.17 bits per heavy atom. The molecule has 0 aromatic carbocycles. The fourth-order valence-electron chi connectivity index (χ4n) is 2.02. The molecule has 72 valence electrons. The lowest BCUT2D eigenvalue weighted by molar-refractivity contribution is -0.207. The van der Waals surface area contributed by atoms with Gasteiger partial charge in [0.15, 0.2) is 0 Å². The maximum absolute atomic E-state index is 9.79. The minimum atomic E-state index is -0.366. The van der Waals surface area contributed by atoms with E-state index < -0.39 is 0 Å². The van der Waals surface area contributed by atoms with Crippen LogP contribution in [0.15, 0.2) is 0 Å². The molecule has 1 aliphatic rings. The van der Waals surface area contributed by atoms with Gasteiger partial charge in [0.1, 0.15) is 5.54 Å². The molecule has 0 aliphatic carbocycles. The summed E-state index contributed by atoms with van der Waals surface area (Å²) in [6, 6.07) is 0. The zero-order valence-electron chi connectivity index (χ0n) is 8.39. The van der Waals surface area contributed by atoms with Crippen molar-refractivity contribution in [3.63, 3.8) is 0 Å². The monoisotopic (exact) mass is 174 g/mol. The van der Waals surface area contributed by atoms with Crippen molar-refractivity contribution < 1.29 is 10.3 Å². The Hall–Kier alpha value is -0.120. The Kier molecular flexibility index (Phi) is 2.23. The molecule has 1 saturated heterocycles. The molecule has 0 radical (unpaired) electrons. The molecule has 0 spiro atoms. The van der Waals surface area contributed by atoms with Crippen molar-refractivity contribution >= 4 is 0 Å². The van der Waals surface area contributed by atoms with Gasteiger partial charge in [-0.3, -0.25) is 0 Å². The molecule has 0 aromatic heterocycles. The van der Waals surface area contributed by atoms with Crippen molar-refractivity contribution in [1.29, 1.82) is 0 Å².